The Hall–Kier alpha value is -1.70. The van der Waals surface area contributed by atoms with Crippen molar-refractivity contribution in [2.75, 3.05) is 14.2 Å². The van der Waals surface area contributed by atoms with Gasteiger partial charge in [-0.3, -0.25) is 4.99 Å². The van der Waals surface area contributed by atoms with E-state index in [1.807, 2.05) is 24.3 Å². The van der Waals surface area contributed by atoms with E-state index >= 15 is 0 Å². The summed E-state index contributed by atoms with van der Waals surface area (Å²) in [5, 5.41) is 6.47. The van der Waals surface area contributed by atoms with Crippen LogP contribution in [0, 0.1) is 6.92 Å². The molecular formula is C16H22IN3O2. The lowest BCUT2D eigenvalue weighted by Crippen LogP contribution is -2.36. The summed E-state index contributed by atoms with van der Waals surface area (Å²) in [5.41, 5.74) is 2.32. The maximum Gasteiger partial charge on any atom is 0.191 e. The van der Waals surface area contributed by atoms with E-state index in [4.69, 9.17) is 9.15 Å². The van der Waals surface area contributed by atoms with E-state index in [0.29, 0.717) is 13.1 Å². The molecule has 0 atom stereocenters. The average Bonchev–Trinajstić information content (AvgIpc) is 3.00. The third-order valence-electron chi connectivity index (χ3n) is 3.04. The summed E-state index contributed by atoms with van der Waals surface area (Å²) in [6, 6.07) is 9.93. The van der Waals surface area contributed by atoms with E-state index < -0.39 is 0 Å². The standard InChI is InChI=1S/C16H21N3O2.HI/c1-12-7-13(9-15(8-12)20-3)10-18-16(17-2)19-11-14-5-4-6-21-14;/h4-9H,10-11H2,1-3H3,(H2,17,18,19);1H. The lowest BCUT2D eigenvalue weighted by molar-refractivity contribution is 0.414. The highest BCUT2D eigenvalue weighted by molar-refractivity contribution is 14.0. The lowest BCUT2D eigenvalue weighted by atomic mass is 10.1. The molecule has 0 bridgehead atoms. The van der Waals surface area contributed by atoms with Crippen molar-refractivity contribution in [1.82, 2.24) is 10.6 Å². The summed E-state index contributed by atoms with van der Waals surface area (Å²) in [4.78, 5) is 4.19. The van der Waals surface area contributed by atoms with Gasteiger partial charge in [-0.05, 0) is 42.3 Å². The summed E-state index contributed by atoms with van der Waals surface area (Å²) in [6.07, 6.45) is 1.66. The van der Waals surface area contributed by atoms with Crippen LogP contribution in [0.1, 0.15) is 16.9 Å². The number of nitrogens with zero attached hydrogens (tertiary/aromatic N) is 1. The van der Waals surface area contributed by atoms with Crippen molar-refractivity contribution in [3.05, 3.63) is 53.5 Å². The molecular weight excluding hydrogens is 393 g/mol. The Morgan fingerprint density at radius 1 is 1.23 bits per heavy atom. The lowest BCUT2D eigenvalue weighted by Gasteiger charge is -2.12. The van der Waals surface area contributed by atoms with Crippen LogP contribution in [0.4, 0.5) is 0 Å². The molecule has 22 heavy (non-hydrogen) atoms. The smallest absolute Gasteiger partial charge is 0.191 e. The zero-order valence-corrected chi connectivity index (χ0v) is 15.4. The average molecular weight is 415 g/mol. The topological polar surface area (TPSA) is 58.8 Å². The number of hydrogen-bond acceptors (Lipinski definition) is 3. The molecule has 0 aliphatic rings. The van der Waals surface area contributed by atoms with E-state index in [0.717, 1.165) is 23.0 Å². The molecule has 0 aliphatic heterocycles. The Kier molecular flexibility index (Phi) is 7.79. The molecule has 0 radical (unpaired) electrons. The first-order valence-electron chi connectivity index (χ1n) is 6.82. The number of rotatable bonds is 5. The minimum absolute atomic E-state index is 0. The van der Waals surface area contributed by atoms with Crippen LogP contribution in [0.25, 0.3) is 0 Å². The molecule has 0 saturated heterocycles. The van der Waals surface area contributed by atoms with Gasteiger partial charge in [-0.15, -0.1) is 24.0 Å². The van der Waals surface area contributed by atoms with E-state index in [-0.39, 0.29) is 24.0 Å². The Morgan fingerprint density at radius 3 is 2.64 bits per heavy atom. The van der Waals surface area contributed by atoms with Gasteiger partial charge in [-0.2, -0.15) is 0 Å². The number of methoxy groups -OCH3 is 1. The van der Waals surface area contributed by atoms with E-state index in [1.54, 1.807) is 20.4 Å². The number of nitrogens with one attached hydrogen (secondary N) is 2. The van der Waals surface area contributed by atoms with Crippen molar-refractivity contribution in [2.24, 2.45) is 4.99 Å². The second-order valence-corrected chi connectivity index (χ2v) is 4.72. The third kappa shape index (κ3) is 5.59. The molecule has 120 valence electrons. The molecule has 0 aliphatic carbocycles. The van der Waals surface area contributed by atoms with Gasteiger partial charge in [0.15, 0.2) is 5.96 Å². The van der Waals surface area contributed by atoms with E-state index in [9.17, 15) is 0 Å². The number of hydrogen-bond donors (Lipinski definition) is 2. The van der Waals surface area contributed by atoms with Crippen LogP contribution < -0.4 is 15.4 Å². The van der Waals surface area contributed by atoms with Gasteiger partial charge in [-0.1, -0.05) is 6.07 Å². The van der Waals surface area contributed by atoms with Crippen LogP contribution in [0.3, 0.4) is 0 Å². The molecule has 2 rings (SSSR count). The Bertz CT molecular complexity index is 597. The molecule has 6 heteroatoms. The van der Waals surface area contributed by atoms with Crippen molar-refractivity contribution in [1.29, 1.82) is 0 Å². The number of furan rings is 1. The van der Waals surface area contributed by atoms with Crippen molar-refractivity contribution in [3.8, 4) is 5.75 Å². The van der Waals surface area contributed by atoms with E-state index in [2.05, 4.69) is 28.6 Å². The highest BCUT2D eigenvalue weighted by Gasteiger charge is 2.02. The van der Waals surface area contributed by atoms with Gasteiger partial charge >= 0.3 is 0 Å². The summed E-state index contributed by atoms with van der Waals surface area (Å²) < 4.78 is 10.6. The fourth-order valence-electron chi connectivity index (χ4n) is 2.03. The van der Waals surface area contributed by atoms with Gasteiger partial charge < -0.3 is 19.8 Å². The quantitative estimate of drug-likeness (QED) is 0.448. The summed E-state index contributed by atoms with van der Waals surface area (Å²) in [5.74, 6) is 2.47. The van der Waals surface area contributed by atoms with Crippen molar-refractivity contribution in [3.63, 3.8) is 0 Å². The zero-order chi connectivity index (χ0) is 15.1. The summed E-state index contributed by atoms with van der Waals surface area (Å²) >= 11 is 0. The molecule has 0 fully saturated rings. The van der Waals surface area contributed by atoms with Crippen molar-refractivity contribution < 1.29 is 9.15 Å². The number of benzene rings is 1. The highest BCUT2D eigenvalue weighted by atomic mass is 127. The van der Waals surface area contributed by atoms with Crippen LogP contribution >= 0.6 is 24.0 Å². The SMILES string of the molecule is CN=C(NCc1cc(C)cc(OC)c1)NCc1ccco1.I. The van der Waals surface area contributed by atoms with Crippen LogP contribution in [-0.4, -0.2) is 20.1 Å². The van der Waals surface area contributed by atoms with Crippen molar-refractivity contribution in [2.45, 2.75) is 20.0 Å². The number of aryl methyl sites for hydroxylation is 1. The minimum Gasteiger partial charge on any atom is -0.497 e. The predicted octanol–water partition coefficient (Wildman–Crippen LogP) is 3.08. The molecule has 2 N–H and O–H groups in total. The number of guanidine groups is 1. The highest BCUT2D eigenvalue weighted by Crippen LogP contribution is 2.16. The van der Waals surface area contributed by atoms with Gasteiger partial charge in [0.05, 0.1) is 19.9 Å². The molecule has 0 spiro atoms. The molecule has 0 saturated carbocycles. The largest absolute Gasteiger partial charge is 0.497 e. The fourth-order valence-corrected chi connectivity index (χ4v) is 2.03. The Morgan fingerprint density at radius 2 is 2.00 bits per heavy atom. The molecule has 1 heterocycles. The normalized spacial score (nSPS) is 10.8. The predicted molar refractivity (Wildman–Crippen MR) is 98.9 cm³/mol. The van der Waals surface area contributed by atoms with Gasteiger partial charge in [0.25, 0.3) is 0 Å². The molecule has 5 nitrogen and oxygen atoms in total. The Labute approximate surface area is 148 Å². The second-order valence-electron chi connectivity index (χ2n) is 4.72. The Balaban J connectivity index is 0.00000242. The monoisotopic (exact) mass is 415 g/mol. The summed E-state index contributed by atoms with van der Waals surface area (Å²) in [6.45, 7) is 3.33. The van der Waals surface area contributed by atoms with Gasteiger partial charge in [0.1, 0.15) is 11.5 Å². The first-order valence-corrected chi connectivity index (χ1v) is 6.82. The molecule has 0 amide bonds. The molecule has 0 unspecified atom stereocenters. The van der Waals surface area contributed by atoms with Crippen molar-refractivity contribution >= 4 is 29.9 Å². The van der Waals surface area contributed by atoms with Gasteiger partial charge in [0.2, 0.25) is 0 Å². The fraction of sp³-hybridized carbons (Fsp3) is 0.312. The van der Waals surface area contributed by atoms with Crippen LogP contribution in [0.2, 0.25) is 0 Å². The first kappa shape index (κ1) is 18.3. The number of aliphatic imine (C=N–C) groups is 1. The maximum atomic E-state index is 5.28. The minimum atomic E-state index is 0. The summed E-state index contributed by atoms with van der Waals surface area (Å²) in [7, 11) is 3.42. The second kappa shape index (κ2) is 9.34. The van der Waals surface area contributed by atoms with E-state index in [1.165, 1.54) is 5.56 Å². The van der Waals surface area contributed by atoms with Crippen LogP contribution in [-0.2, 0) is 13.1 Å². The van der Waals surface area contributed by atoms with Crippen LogP contribution in [0.5, 0.6) is 5.75 Å². The molecule has 2 aromatic rings. The van der Waals surface area contributed by atoms with Gasteiger partial charge in [-0.25, -0.2) is 0 Å². The first-order chi connectivity index (χ1) is 10.2. The van der Waals surface area contributed by atoms with Gasteiger partial charge in [0, 0.05) is 13.6 Å². The maximum absolute atomic E-state index is 5.28. The zero-order valence-electron chi connectivity index (χ0n) is 13.1. The molecule has 1 aromatic heterocycles. The number of halogens is 1. The third-order valence-corrected chi connectivity index (χ3v) is 3.04. The van der Waals surface area contributed by atoms with Crippen LogP contribution in [0.15, 0.2) is 46.0 Å². The number of ether oxygens (including phenoxy) is 1. The molecule has 1 aromatic carbocycles.